The van der Waals surface area contributed by atoms with Gasteiger partial charge in [-0.15, -0.1) is 0 Å². The molecule has 0 atom stereocenters. The average Bonchev–Trinajstić information content (AvgIpc) is 2.77. The molecule has 2 aromatic rings. The Morgan fingerprint density at radius 3 is 2.80 bits per heavy atom. The molecule has 0 saturated heterocycles. The van der Waals surface area contributed by atoms with Crippen molar-refractivity contribution in [2.45, 2.75) is 13.1 Å². The highest BCUT2D eigenvalue weighted by molar-refractivity contribution is 5.87. The summed E-state index contributed by atoms with van der Waals surface area (Å²) in [5.41, 5.74) is 1.48. The Labute approximate surface area is 116 Å². The minimum Gasteiger partial charge on any atom is -0.478 e. The van der Waals surface area contributed by atoms with Gasteiger partial charge in [0.05, 0.1) is 11.8 Å². The first-order chi connectivity index (χ1) is 9.45. The molecule has 20 heavy (non-hydrogen) atoms. The molecule has 0 aliphatic rings. The van der Waals surface area contributed by atoms with Crippen LogP contribution >= 0.6 is 0 Å². The van der Waals surface area contributed by atoms with Crippen molar-refractivity contribution in [3.63, 3.8) is 0 Å². The Morgan fingerprint density at radius 1 is 1.45 bits per heavy atom. The Morgan fingerprint density at radius 2 is 2.20 bits per heavy atom. The van der Waals surface area contributed by atoms with Gasteiger partial charge in [0.25, 0.3) is 0 Å². The number of nitrogens with zero attached hydrogens (tertiary/aromatic N) is 3. The summed E-state index contributed by atoms with van der Waals surface area (Å²) in [4.78, 5) is 12.8. The van der Waals surface area contributed by atoms with E-state index in [1.807, 2.05) is 25.2 Å². The van der Waals surface area contributed by atoms with Crippen molar-refractivity contribution < 1.29 is 14.3 Å². The van der Waals surface area contributed by atoms with Gasteiger partial charge in [-0.3, -0.25) is 9.58 Å². The summed E-state index contributed by atoms with van der Waals surface area (Å²) in [5.74, 6) is -1.45. The lowest BCUT2D eigenvalue weighted by Crippen LogP contribution is -2.18. The summed E-state index contributed by atoms with van der Waals surface area (Å²) in [6.45, 7) is 0.951. The normalized spacial score (nSPS) is 11.0. The highest BCUT2D eigenvalue weighted by atomic mass is 19.1. The third-order valence-electron chi connectivity index (χ3n) is 2.94. The van der Waals surface area contributed by atoms with Crippen LogP contribution in [0.2, 0.25) is 0 Å². The molecule has 0 aliphatic heterocycles. The summed E-state index contributed by atoms with van der Waals surface area (Å²) in [5, 5.41) is 13.0. The maximum absolute atomic E-state index is 13.7. The summed E-state index contributed by atoms with van der Waals surface area (Å²) < 4.78 is 15.4. The highest BCUT2D eigenvalue weighted by Gasteiger charge is 2.11. The first kappa shape index (κ1) is 14.2. The van der Waals surface area contributed by atoms with E-state index in [1.54, 1.807) is 10.9 Å². The van der Waals surface area contributed by atoms with E-state index in [1.165, 1.54) is 18.2 Å². The zero-order chi connectivity index (χ0) is 14.7. The van der Waals surface area contributed by atoms with Crippen LogP contribution < -0.4 is 0 Å². The molecule has 106 valence electrons. The van der Waals surface area contributed by atoms with Gasteiger partial charge in [-0.1, -0.05) is 0 Å². The predicted molar refractivity (Wildman–Crippen MR) is 71.7 cm³/mol. The van der Waals surface area contributed by atoms with Crippen molar-refractivity contribution in [2.75, 3.05) is 7.05 Å². The van der Waals surface area contributed by atoms with Gasteiger partial charge in [-0.2, -0.15) is 5.10 Å². The van der Waals surface area contributed by atoms with E-state index < -0.39 is 11.8 Å². The number of hydrogen-bond donors (Lipinski definition) is 1. The van der Waals surface area contributed by atoms with Crippen LogP contribution in [0, 0.1) is 5.82 Å². The smallest absolute Gasteiger partial charge is 0.335 e. The summed E-state index contributed by atoms with van der Waals surface area (Å²) >= 11 is 0. The second-order valence-electron chi connectivity index (χ2n) is 4.81. The van der Waals surface area contributed by atoms with Crippen LogP contribution in [0.3, 0.4) is 0 Å². The Kier molecular flexibility index (Phi) is 4.14. The van der Waals surface area contributed by atoms with Gasteiger partial charge in [0.1, 0.15) is 5.82 Å². The largest absolute Gasteiger partial charge is 0.478 e. The van der Waals surface area contributed by atoms with E-state index in [4.69, 9.17) is 5.11 Å². The van der Waals surface area contributed by atoms with Gasteiger partial charge < -0.3 is 5.11 Å². The number of aromatic carboxylic acids is 1. The molecule has 0 spiro atoms. The second kappa shape index (κ2) is 5.83. The SMILES string of the molecule is CN(Cc1cnn(C)c1)Cc1cc(C(=O)O)ccc1F. The highest BCUT2D eigenvalue weighted by Crippen LogP contribution is 2.14. The number of aromatic nitrogens is 2. The molecule has 2 rings (SSSR count). The van der Waals surface area contributed by atoms with E-state index in [9.17, 15) is 9.18 Å². The maximum Gasteiger partial charge on any atom is 0.335 e. The Bertz CT molecular complexity index is 625. The van der Waals surface area contributed by atoms with E-state index >= 15 is 0 Å². The zero-order valence-corrected chi connectivity index (χ0v) is 11.4. The number of rotatable bonds is 5. The number of aryl methyl sites for hydroxylation is 1. The fourth-order valence-electron chi connectivity index (χ4n) is 2.04. The summed E-state index contributed by atoms with van der Waals surface area (Å²) in [6.07, 6.45) is 3.64. The van der Waals surface area contributed by atoms with Gasteiger partial charge in [-0.25, -0.2) is 9.18 Å². The molecule has 5 nitrogen and oxygen atoms in total. The van der Waals surface area contributed by atoms with Gasteiger partial charge in [0.15, 0.2) is 0 Å². The minimum absolute atomic E-state index is 0.0937. The van der Waals surface area contributed by atoms with Crippen LogP contribution in [-0.4, -0.2) is 32.8 Å². The number of carbonyl (C=O) groups is 1. The van der Waals surface area contributed by atoms with Gasteiger partial charge in [0, 0.05) is 37.5 Å². The molecule has 0 bridgehead atoms. The lowest BCUT2D eigenvalue weighted by Gasteiger charge is -2.16. The molecule has 0 saturated carbocycles. The second-order valence-corrected chi connectivity index (χ2v) is 4.81. The maximum atomic E-state index is 13.7. The van der Waals surface area contributed by atoms with Crippen LogP contribution in [0.15, 0.2) is 30.6 Å². The van der Waals surface area contributed by atoms with Gasteiger partial charge in [0.2, 0.25) is 0 Å². The average molecular weight is 277 g/mol. The number of halogens is 1. The van der Waals surface area contributed by atoms with Gasteiger partial charge >= 0.3 is 5.97 Å². The van der Waals surface area contributed by atoms with Crippen molar-refractivity contribution in [1.29, 1.82) is 0 Å². The van der Waals surface area contributed by atoms with E-state index in [0.29, 0.717) is 18.7 Å². The molecule has 0 radical (unpaired) electrons. The van der Waals surface area contributed by atoms with Crippen molar-refractivity contribution in [2.24, 2.45) is 7.05 Å². The van der Waals surface area contributed by atoms with Crippen LogP contribution in [0.4, 0.5) is 4.39 Å². The third-order valence-corrected chi connectivity index (χ3v) is 2.94. The lowest BCUT2D eigenvalue weighted by molar-refractivity contribution is 0.0696. The molecular formula is C14H16FN3O2. The molecule has 0 amide bonds. The van der Waals surface area contributed by atoms with Crippen molar-refractivity contribution in [3.8, 4) is 0 Å². The lowest BCUT2D eigenvalue weighted by atomic mass is 10.1. The number of carboxylic acids is 1. The minimum atomic E-state index is -1.05. The predicted octanol–water partition coefficient (Wildman–Crippen LogP) is 1.89. The Balaban J connectivity index is 2.08. The fraction of sp³-hybridized carbons (Fsp3) is 0.286. The number of benzene rings is 1. The molecule has 1 aromatic carbocycles. The van der Waals surface area contributed by atoms with E-state index in [0.717, 1.165) is 5.56 Å². The summed E-state index contributed by atoms with van der Waals surface area (Å²) in [6, 6.07) is 3.83. The molecule has 6 heteroatoms. The monoisotopic (exact) mass is 277 g/mol. The van der Waals surface area contributed by atoms with Gasteiger partial charge in [-0.05, 0) is 25.2 Å². The number of carboxylic acid groups (broad SMARTS) is 1. The standard InChI is InChI=1S/C14H16FN3O2/c1-17(7-10-6-16-18(2)8-10)9-12-5-11(14(19)20)3-4-13(12)15/h3-6,8H,7,9H2,1-2H3,(H,19,20). The first-order valence-corrected chi connectivity index (χ1v) is 6.13. The van der Waals surface area contributed by atoms with Crippen LogP contribution in [0.25, 0.3) is 0 Å². The van der Waals surface area contributed by atoms with Crippen LogP contribution in [0.1, 0.15) is 21.5 Å². The molecule has 1 aromatic heterocycles. The molecular weight excluding hydrogens is 261 g/mol. The van der Waals surface area contributed by atoms with E-state index in [-0.39, 0.29) is 5.56 Å². The third kappa shape index (κ3) is 3.42. The van der Waals surface area contributed by atoms with E-state index in [2.05, 4.69) is 5.10 Å². The number of hydrogen-bond acceptors (Lipinski definition) is 3. The Hall–Kier alpha value is -2.21. The molecule has 0 aliphatic carbocycles. The van der Waals surface area contributed by atoms with Crippen LogP contribution in [-0.2, 0) is 20.1 Å². The fourth-order valence-corrected chi connectivity index (χ4v) is 2.04. The molecule has 1 N–H and O–H groups in total. The topological polar surface area (TPSA) is 58.4 Å². The van der Waals surface area contributed by atoms with Crippen molar-refractivity contribution in [1.82, 2.24) is 14.7 Å². The molecule has 0 unspecified atom stereocenters. The quantitative estimate of drug-likeness (QED) is 0.906. The molecule has 1 heterocycles. The summed E-state index contributed by atoms with van der Waals surface area (Å²) in [7, 11) is 3.68. The van der Waals surface area contributed by atoms with Crippen LogP contribution in [0.5, 0.6) is 0 Å². The van der Waals surface area contributed by atoms with Crippen molar-refractivity contribution in [3.05, 3.63) is 53.1 Å². The first-order valence-electron chi connectivity index (χ1n) is 6.13. The zero-order valence-electron chi connectivity index (χ0n) is 11.4. The van der Waals surface area contributed by atoms with Crippen molar-refractivity contribution >= 4 is 5.97 Å². The molecule has 0 fully saturated rings.